The van der Waals surface area contributed by atoms with Gasteiger partial charge in [-0.05, 0) is 12.1 Å². The summed E-state index contributed by atoms with van der Waals surface area (Å²) in [5, 5.41) is 4.05. The fourth-order valence-electron chi connectivity index (χ4n) is 1.48. The smallest absolute Gasteiger partial charge is 0.257 e. The Bertz CT molecular complexity index is 500. The van der Waals surface area contributed by atoms with Crippen molar-refractivity contribution in [2.24, 2.45) is 0 Å². The molecule has 0 aliphatic carbocycles. The van der Waals surface area contributed by atoms with Crippen molar-refractivity contribution >= 4 is 22.9 Å². The van der Waals surface area contributed by atoms with Crippen molar-refractivity contribution in [1.82, 2.24) is 10.3 Å². The zero-order valence-electron chi connectivity index (χ0n) is 10.8. The summed E-state index contributed by atoms with van der Waals surface area (Å²) >= 11 is 1.59. The Labute approximate surface area is 112 Å². The van der Waals surface area contributed by atoms with Crippen LogP contribution >= 0.6 is 11.8 Å². The van der Waals surface area contributed by atoms with Crippen LogP contribution in [-0.2, 0) is 0 Å². The lowest BCUT2D eigenvalue weighted by Crippen LogP contribution is -2.25. The molecule has 0 saturated heterocycles. The van der Waals surface area contributed by atoms with Crippen LogP contribution in [0.4, 0.5) is 0 Å². The number of nitrogens with zero attached hydrogens (tertiary/aromatic N) is 1. The quantitative estimate of drug-likeness (QED) is 0.639. The molecule has 0 aliphatic rings. The van der Waals surface area contributed by atoms with Crippen LogP contribution in [0.25, 0.3) is 11.1 Å². The van der Waals surface area contributed by atoms with Gasteiger partial charge in [-0.15, -0.1) is 0 Å². The second-order valence-corrected chi connectivity index (χ2v) is 5.45. The lowest BCUT2D eigenvalue weighted by molar-refractivity contribution is 0.489. The first kappa shape index (κ1) is 13.2. The van der Waals surface area contributed by atoms with Gasteiger partial charge in [-0.1, -0.05) is 49.9 Å². The van der Waals surface area contributed by atoms with Gasteiger partial charge < -0.3 is 9.73 Å². The van der Waals surface area contributed by atoms with Gasteiger partial charge in [0.2, 0.25) is 0 Å². The van der Waals surface area contributed by atoms with Crippen molar-refractivity contribution in [2.45, 2.75) is 25.1 Å². The third-order valence-electron chi connectivity index (χ3n) is 2.43. The zero-order valence-corrected chi connectivity index (χ0v) is 11.6. The molecule has 0 fully saturated rings. The van der Waals surface area contributed by atoms with E-state index in [1.54, 1.807) is 11.8 Å². The van der Waals surface area contributed by atoms with Crippen LogP contribution in [0.15, 0.2) is 46.1 Å². The van der Waals surface area contributed by atoms with Crippen LogP contribution in [0.3, 0.4) is 0 Å². The maximum atomic E-state index is 5.63. The molecule has 2 aromatic rings. The summed E-state index contributed by atoms with van der Waals surface area (Å²) in [6.07, 6.45) is 0. The molecule has 4 heteroatoms. The van der Waals surface area contributed by atoms with Crippen molar-refractivity contribution in [3.05, 3.63) is 36.4 Å². The highest BCUT2D eigenvalue weighted by molar-refractivity contribution is 7.99. The molecule has 0 radical (unpaired) electrons. The predicted octanol–water partition coefficient (Wildman–Crippen LogP) is 3.47. The van der Waals surface area contributed by atoms with E-state index in [2.05, 4.69) is 30.7 Å². The average Bonchev–Trinajstić information content (AvgIpc) is 2.76. The molecule has 0 spiro atoms. The summed E-state index contributed by atoms with van der Waals surface area (Å²) in [6, 6.07) is 8.29. The molecule has 0 saturated carbocycles. The zero-order chi connectivity index (χ0) is 13.0. The molecular weight excluding hydrogens is 244 g/mol. The predicted molar refractivity (Wildman–Crippen MR) is 77.0 cm³/mol. The minimum atomic E-state index is 0.482. The highest BCUT2D eigenvalue weighted by Gasteiger charge is 2.06. The third kappa shape index (κ3) is 3.62. The van der Waals surface area contributed by atoms with Gasteiger partial charge in [0.15, 0.2) is 5.58 Å². The number of aromatic nitrogens is 1. The van der Waals surface area contributed by atoms with Crippen LogP contribution in [0.1, 0.15) is 13.8 Å². The number of hydrogen-bond acceptors (Lipinski definition) is 4. The minimum Gasteiger partial charge on any atom is -0.431 e. The second-order valence-electron chi connectivity index (χ2n) is 4.52. The molecule has 0 atom stereocenters. The van der Waals surface area contributed by atoms with E-state index in [0.717, 1.165) is 29.0 Å². The van der Waals surface area contributed by atoms with Crippen LogP contribution in [0.2, 0.25) is 0 Å². The Kier molecular flexibility index (Phi) is 4.44. The minimum absolute atomic E-state index is 0.482. The van der Waals surface area contributed by atoms with Crippen LogP contribution in [0, 0.1) is 0 Å². The van der Waals surface area contributed by atoms with Gasteiger partial charge in [0.1, 0.15) is 5.52 Å². The lowest BCUT2D eigenvalue weighted by Gasteiger charge is -2.08. The van der Waals surface area contributed by atoms with E-state index in [-0.39, 0.29) is 0 Å². The number of fused-ring (bicyclic) bond motifs is 1. The summed E-state index contributed by atoms with van der Waals surface area (Å²) in [6.45, 7) is 9.13. The number of para-hydroxylation sites is 2. The van der Waals surface area contributed by atoms with Gasteiger partial charge in [-0.2, -0.15) is 0 Å². The van der Waals surface area contributed by atoms with Crippen LogP contribution in [0.5, 0.6) is 0 Å². The van der Waals surface area contributed by atoms with Crippen molar-refractivity contribution in [3.63, 3.8) is 0 Å². The van der Waals surface area contributed by atoms with E-state index < -0.39 is 0 Å². The summed E-state index contributed by atoms with van der Waals surface area (Å²) in [5.41, 5.74) is 2.90. The molecule has 1 heterocycles. The second kappa shape index (κ2) is 6.07. The van der Waals surface area contributed by atoms with E-state index in [9.17, 15) is 0 Å². The van der Waals surface area contributed by atoms with Crippen molar-refractivity contribution in [3.8, 4) is 0 Å². The fraction of sp³-hybridized carbons (Fsp3) is 0.357. The Morgan fingerprint density at radius 2 is 2.22 bits per heavy atom. The van der Waals surface area contributed by atoms with Gasteiger partial charge in [0.25, 0.3) is 5.22 Å². The van der Waals surface area contributed by atoms with Crippen molar-refractivity contribution in [2.75, 3.05) is 12.3 Å². The number of nitrogens with one attached hydrogen (secondary N) is 1. The molecule has 1 aromatic carbocycles. The molecule has 0 amide bonds. The largest absolute Gasteiger partial charge is 0.431 e. The topological polar surface area (TPSA) is 38.1 Å². The van der Waals surface area contributed by atoms with Gasteiger partial charge in [0.05, 0.1) is 0 Å². The van der Waals surface area contributed by atoms with Gasteiger partial charge in [0, 0.05) is 18.3 Å². The van der Waals surface area contributed by atoms with E-state index in [1.807, 2.05) is 24.3 Å². The maximum absolute atomic E-state index is 5.63. The highest BCUT2D eigenvalue weighted by Crippen LogP contribution is 2.24. The SMILES string of the molecule is C=C(CNC(C)C)CSc1nc2ccccc2o1. The van der Waals surface area contributed by atoms with E-state index in [4.69, 9.17) is 4.42 Å². The van der Waals surface area contributed by atoms with Gasteiger partial charge >= 0.3 is 0 Å². The monoisotopic (exact) mass is 262 g/mol. The molecular formula is C14H18N2OS. The number of benzene rings is 1. The number of oxazole rings is 1. The highest BCUT2D eigenvalue weighted by atomic mass is 32.2. The normalized spacial score (nSPS) is 11.3. The molecule has 18 heavy (non-hydrogen) atoms. The molecule has 1 N–H and O–H groups in total. The number of rotatable bonds is 6. The molecule has 0 bridgehead atoms. The Morgan fingerprint density at radius 1 is 1.44 bits per heavy atom. The maximum Gasteiger partial charge on any atom is 0.257 e. The number of thioether (sulfide) groups is 1. The third-order valence-corrected chi connectivity index (χ3v) is 3.41. The van der Waals surface area contributed by atoms with Crippen LogP contribution < -0.4 is 5.32 Å². The first-order valence-corrected chi connectivity index (χ1v) is 7.02. The van der Waals surface area contributed by atoms with Crippen LogP contribution in [-0.4, -0.2) is 23.3 Å². The van der Waals surface area contributed by atoms with Crippen molar-refractivity contribution < 1.29 is 4.42 Å². The fourth-order valence-corrected chi connectivity index (χ4v) is 2.22. The summed E-state index contributed by atoms with van der Waals surface area (Å²) in [5.74, 6) is 0.826. The molecule has 1 aromatic heterocycles. The molecule has 2 rings (SSSR count). The Hall–Kier alpha value is -1.26. The lowest BCUT2D eigenvalue weighted by atomic mass is 10.3. The van der Waals surface area contributed by atoms with Crippen molar-refractivity contribution in [1.29, 1.82) is 0 Å². The number of hydrogen-bond donors (Lipinski definition) is 1. The van der Waals surface area contributed by atoms with E-state index in [1.165, 1.54) is 0 Å². The molecule has 0 unspecified atom stereocenters. The van der Waals surface area contributed by atoms with E-state index >= 15 is 0 Å². The van der Waals surface area contributed by atoms with E-state index in [0.29, 0.717) is 11.3 Å². The summed E-state index contributed by atoms with van der Waals surface area (Å²) < 4.78 is 5.63. The molecule has 3 nitrogen and oxygen atoms in total. The molecule has 0 aliphatic heterocycles. The summed E-state index contributed by atoms with van der Waals surface area (Å²) in [4.78, 5) is 4.41. The van der Waals surface area contributed by atoms with Gasteiger partial charge in [-0.25, -0.2) is 4.98 Å². The molecule has 96 valence electrons. The standard InChI is InChI=1S/C14H18N2OS/c1-10(2)15-8-11(3)9-18-14-16-12-6-4-5-7-13(12)17-14/h4-7,10,15H,3,8-9H2,1-2H3. The Morgan fingerprint density at radius 3 is 2.94 bits per heavy atom. The average molecular weight is 262 g/mol. The Balaban J connectivity index is 1.88. The first-order chi connectivity index (χ1) is 8.65. The summed E-state index contributed by atoms with van der Waals surface area (Å²) in [7, 11) is 0. The first-order valence-electron chi connectivity index (χ1n) is 6.03. The van der Waals surface area contributed by atoms with Gasteiger partial charge in [-0.3, -0.25) is 0 Å².